The Morgan fingerprint density at radius 1 is 0.837 bits per heavy atom. The summed E-state index contributed by atoms with van der Waals surface area (Å²) in [5.41, 5.74) is 2.30. The summed E-state index contributed by atoms with van der Waals surface area (Å²) in [5.74, 6) is -1.43. The molecule has 0 bridgehead atoms. The average molecular weight is 819 g/mol. The number of allylic oxidation sites excluding steroid dienone is 1. The highest BCUT2D eigenvalue weighted by Crippen LogP contribution is 2.21. The minimum absolute atomic E-state index is 0.0204. The minimum atomic E-state index is -0.506. The van der Waals surface area contributed by atoms with E-state index in [-0.39, 0.29) is 52.9 Å². The van der Waals surface area contributed by atoms with Crippen molar-refractivity contribution in [1.29, 1.82) is 0 Å². The van der Waals surface area contributed by atoms with Crippen LogP contribution in [0, 0.1) is 15.4 Å². The first-order valence-corrected chi connectivity index (χ1v) is 18.1. The predicted octanol–water partition coefficient (Wildman–Crippen LogP) is 8.55. The molecule has 3 aromatic carbocycles. The highest BCUT2D eigenvalue weighted by atomic mass is 127. The second-order valence-electron chi connectivity index (χ2n) is 12.2. The van der Waals surface area contributed by atoms with E-state index in [1.54, 1.807) is 36.4 Å². The second kappa shape index (κ2) is 20.9. The third kappa shape index (κ3) is 14.9. The van der Waals surface area contributed by atoms with Crippen molar-refractivity contribution in [3.05, 3.63) is 103 Å². The molecule has 0 saturated carbocycles. The Kier molecular flexibility index (Phi) is 17.0. The van der Waals surface area contributed by atoms with Crippen LogP contribution in [0.4, 0.5) is 5.69 Å². The summed E-state index contributed by atoms with van der Waals surface area (Å²) >= 11 is 14.3. The summed E-state index contributed by atoms with van der Waals surface area (Å²) in [6.07, 6.45) is 7.37. The van der Waals surface area contributed by atoms with Crippen LogP contribution >= 0.6 is 45.8 Å². The van der Waals surface area contributed by atoms with Crippen LogP contribution in [0.25, 0.3) is 6.08 Å². The number of anilines is 1. The quantitative estimate of drug-likeness (QED) is 0.0485. The van der Waals surface area contributed by atoms with Gasteiger partial charge in [-0.2, -0.15) is 0 Å². The van der Waals surface area contributed by atoms with Gasteiger partial charge < -0.3 is 16.0 Å². The zero-order valence-electron chi connectivity index (χ0n) is 27.7. The van der Waals surface area contributed by atoms with Crippen LogP contribution in [0.3, 0.4) is 0 Å². The molecule has 3 aromatic rings. The number of halogens is 3. The molecule has 0 radical (unpaired) electrons. The van der Waals surface area contributed by atoms with Crippen molar-refractivity contribution in [1.82, 2.24) is 10.6 Å². The largest absolute Gasteiger partial charge is 0.356 e. The lowest BCUT2D eigenvalue weighted by Gasteiger charge is -2.18. The van der Waals surface area contributed by atoms with Crippen LogP contribution in [-0.4, -0.2) is 42.4 Å². The van der Waals surface area contributed by atoms with Gasteiger partial charge in [-0.1, -0.05) is 68.1 Å². The maximum Gasteiger partial charge on any atom is 0.253 e. The van der Waals surface area contributed by atoms with Gasteiger partial charge in [-0.05, 0) is 114 Å². The summed E-state index contributed by atoms with van der Waals surface area (Å²) in [6.45, 7) is 4.25. The Morgan fingerprint density at radius 3 is 2.22 bits per heavy atom. The lowest BCUT2D eigenvalue weighted by molar-refractivity contribution is -0.129. The zero-order chi connectivity index (χ0) is 35.8. The van der Waals surface area contributed by atoms with Crippen LogP contribution in [0.5, 0.6) is 0 Å². The van der Waals surface area contributed by atoms with Crippen molar-refractivity contribution in [2.75, 3.05) is 18.4 Å². The number of unbranched alkanes of at least 4 members (excludes halogenated alkanes) is 3. The van der Waals surface area contributed by atoms with E-state index in [2.05, 4.69) is 38.5 Å². The highest BCUT2D eigenvalue weighted by Gasteiger charge is 2.23. The first kappa shape index (κ1) is 39.9. The Morgan fingerprint density at radius 2 is 1.53 bits per heavy atom. The predicted molar refractivity (Wildman–Crippen MR) is 205 cm³/mol. The number of nitrogens with one attached hydrogen (secondary N) is 3. The molecular weight excluding hydrogens is 776 g/mol. The molecule has 3 rings (SSSR count). The maximum absolute atomic E-state index is 12.9. The number of rotatable bonds is 19. The van der Waals surface area contributed by atoms with Crippen molar-refractivity contribution >= 4 is 86.8 Å². The zero-order valence-corrected chi connectivity index (χ0v) is 31.4. The number of carbonyl (C=O) groups excluding carboxylic acids is 5. The lowest BCUT2D eigenvalue weighted by Crippen LogP contribution is -2.36. The average Bonchev–Trinajstić information content (AvgIpc) is 3.07. The number of ketones is 2. The summed E-state index contributed by atoms with van der Waals surface area (Å²) in [5, 5.41) is 8.97. The molecule has 11 heteroatoms. The van der Waals surface area contributed by atoms with Crippen LogP contribution in [0.15, 0.2) is 72.8 Å². The summed E-state index contributed by atoms with van der Waals surface area (Å²) in [6, 6.07) is 19.2. The van der Waals surface area contributed by atoms with Crippen molar-refractivity contribution < 1.29 is 24.0 Å². The van der Waals surface area contributed by atoms with E-state index in [4.69, 9.17) is 23.2 Å². The first-order valence-electron chi connectivity index (χ1n) is 16.3. The monoisotopic (exact) mass is 817 g/mol. The molecule has 260 valence electrons. The van der Waals surface area contributed by atoms with Crippen LogP contribution in [0.2, 0.25) is 10.0 Å². The molecule has 1 atom stereocenters. The van der Waals surface area contributed by atoms with Crippen molar-refractivity contribution in [2.45, 2.75) is 58.8 Å². The van der Waals surface area contributed by atoms with E-state index in [9.17, 15) is 24.0 Å². The Labute approximate surface area is 311 Å². The fourth-order valence-corrected chi connectivity index (χ4v) is 5.78. The summed E-state index contributed by atoms with van der Waals surface area (Å²) in [4.78, 5) is 62.9. The van der Waals surface area contributed by atoms with Gasteiger partial charge in [0.25, 0.3) is 5.91 Å². The van der Waals surface area contributed by atoms with Gasteiger partial charge >= 0.3 is 0 Å². The molecule has 0 aliphatic carbocycles. The number of carbonyl (C=O) groups is 5. The fraction of sp³-hybridized carbons (Fsp3) is 0.342. The van der Waals surface area contributed by atoms with Gasteiger partial charge in [-0.25, -0.2) is 0 Å². The van der Waals surface area contributed by atoms with Gasteiger partial charge in [0.2, 0.25) is 11.8 Å². The highest BCUT2D eigenvalue weighted by molar-refractivity contribution is 14.1. The molecule has 0 aliphatic rings. The second-order valence-corrected chi connectivity index (χ2v) is 14.3. The summed E-state index contributed by atoms with van der Waals surface area (Å²) < 4.78 is 1.13. The normalized spacial score (nSPS) is 11.7. The topological polar surface area (TPSA) is 121 Å². The van der Waals surface area contributed by atoms with Gasteiger partial charge in [-0.3, -0.25) is 24.0 Å². The molecule has 3 N–H and O–H groups in total. The van der Waals surface area contributed by atoms with Crippen molar-refractivity contribution in [2.24, 2.45) is 11.8 Å². The number of hydrogen-bond acceptors (Lipinski definition) is 5. The van der Waals surface area contributed by atoms with Crippen LogP contribution in [0.1, 0.15) is 85.1 Å². The molecule has 0 saturated heterocycles. The molecule has 0 spiro atoms. The molecule has 49 heavy (non-hydrogen) atoms. The van der Waals surface area contributed by atoms with E-state index >= 15 is 0 Å². The molecular formula is C38H42Cl2IN3O5. The van der Waals surface area contributed by atoms with Gasteiger partial charge in [0.15, 0.2) is 11.6 Å². The van der Waals surface area contributed by atoms with Crippen molar-refractivity contribution in [3.63, 3.8) is 0 Å². The summed E-state index contributed by atoms with van der Waals surface area (Å²) in [7, 11) is 0. The van der Waals surface area contributed by atoms with Crippen LogP contribution in [-0.2, 0) is 14.4 Å². The Hall–Kier alpha value is -3.54. The molecule has 0 heterocycles. The Bertz CT molecular complexity index is 1630. The van der Waals surface area contributed by atoms with E-state index in [0.717, 1.165) is 28.4 Å². The molecule has 8 nitrogen and oxygen atoms in total. The molecule has 3 amide bonds. The van der Waals surface area contributed by atoms with Gasteiger partial charge in [0.1, 0.15) is 0 Å². The molecule has 0 aliphatic heterocycles. The number of benzene rings is 3. The fourth-order valence-electron chi connectivity index (χ4n) is 5.05. The molecule has 0 aromatic heterocycles. The minimum Gasteiger partial charge on any atom is -0.356 e. The molecule has 0 unspecified atom stereocenters. The van der Waals surface area contributed by atoms with E-state index in [1.165, 1.54) is 18.2 Å². The standard InChI is InChI=1S/C38H42Cl2IN3O5/c1-25(2)21-28(22-32(45)24-43-38(49)33-23-29(39)13-18-34(33)40)37(48)42-20-6-4-3-5-7-36(47)44-31-16-11-27(12-17-31)35(46)19-10-26-8-14-30(41)15-9-26/h8-19,23,25,28H,3-7,20-22,24H2,1-2H3,(H,42,48)(H,43,49)(H,44,47)/b19-10+/t28-/m1/s1. The van der Waals surface area contributed by atoms with E-state index < -0.39 is 11.8 Å². The van der Waals surface area contributed by atoms with Gasteiger partial charge in [0.05, 0.1) is 17.1 Å². The smallest absolute Gasteiger partial charge is 0.253 e. The number of amides is 3. The lowest BCUT2D eigenvalue weighted by atomic mass is 9.91. The Balaban J connectivity index is 1.31. The maximum atomic E-state index is 12.9. The van der Waals surface area contributed by atoms with Gasteiger partial charge in [-0.15, -0.1) is 0 Å². The number of Topliss-reactive ketones (excluding diaryl/α,β-unsaturated/α-hetero) is 1. The van der Waals surface area contributed by atoms with E-state index in [1.807, 2.05) is 38.1 Å². The van der Waals surface area contributed by atoms with Crippen molar-refractivity contribution in [3.8, 4) is 0 Å². The van der Waals surface area contributed by atoms with Gasteiger partial charge in [0, 0.05) is 45.1 Å². The third-order valence-corrected chi connectivity index (χ3v) is 8.88. The third-order valence-electron chi connectivity index (χ3n) is 7.60. The van der Waals surface area contributed by atoms with Crippen LogP contribution < -0.4 is 16.0 Å². The molecule has 0 fully saturated rings. The SMILES string of the molecule is CC(C)C[C@H](CC(=O)CNC(=O)c1cc(Cl)ccc1Cl)C(=O)NCCCCCCC(=O)Nc1ccc(C(=O)/C=C/c2ccc(I)cc2)cc1. The van der Waals surface area contributed by atoms with E-state index in [0.29, 0.717) is 42.1 Å². The number of hydrogen-bond donors (Lipinski definition) is 3. The first-order chi connectivity index (χ1) is 23.4.